The molecular formula is C11H23. The highest BCUT2D eigenvalue weighted by Gasteiger charge is 2.23. The van der Waals surface area contributed by atoms with Crippen LogP contribution in [0.4, 0.5) is 0 Å². The lowest BCUT2D eigenvalue weighted by Gasteiger charge is -2.30. The average Bonchev–Trinajstić information content (AvgIpc) is 2.04. The van der Waals surface area contributed by atoms with E-state index >= 15 is 0 Å². The van der Waals surface area contributed by atoms with Gasteiger partial charge in [0.2, 0.25) is 0 Å². The third kappa shape index (κ3) is 3.27. The zero-order valence-corrected chi connectivity index (χ0v) is 8.61. The van der Waals surface area contributed by atoms with Crippen molar-refractivity contribution in [2.75, 3.05) is 0 Å². The number of hydrogen-bond acceptors (Lipinski definition) is 0. The number of rotatable bonds is 6. The summed E-state index contributed by atoms with van der Waals surface area (Å²) < 4.78 is 0. The van der Waals surface area contributed by atoms with Gasteiger partial charge in [-0.25, -0.2) is 0 Å². The van der Waals surface area contributed by atoms with Crippen LogP contribution >= 0.6 is 0 Å². The molecule has 0 aliphatic heterocycles. The van der Waals surface area contributed by atoms with Gasteiger partial charge in [-0.3, -0.25) is 0 Å². The van der Waals surface area contributed by atoms with Gasteiger partial charge in [0.15, 0.2) is 0 Å². The Kier molecular flexibility index (Phi) is 5.62. The largest absolute Gasteiger partial charge is 0.0654 e. The molecule has 0 aromatic heterocycles. The Balaban J connectivity index is 3.96. The van der Waals surface area contributed by atoms with E-state index < -0.39 is 0 Å². The molecule has 0 rings (SSSR count). The Morgan fingerprint density at radius 1 is 1.00 bits per heavy atom. The van der Waals surface area contributed by atoms with Crippen LogP contribution in [0.2, 0.25) is 0 Å². The van der Waals surface area contributed by atoms with E-state index in [0.29, 0.717) is 5.41 Å². The van der Waals surface area contributed by atoms with Gasteiger partial charge in [0.05, 0.1) is 0 Å². The van der Waals surface area contributed by atoms with E-state index in [4.69, 9.17) is 0 Å². The van der Waals surface area contributed by atoms with E-state index in [1.807, 2.05) is 0 Å². The van der Waals surface area contributed by atoms with Crippen molar-refractivity contribution in [3.63, 3.8) is 0 Å². The van der Waals surface area contributed by atoms with Gasteiger partial charge in [0.1, 0.15) is 0 Å². The maximum absolute atomic E-state index is 2.51. The zero-order chi connectivity index (χ0) is 8.74. The Morgan fingerprint density at radius 3 is 1.82 bits per heavy atom. The fourth-order valence-corrected chi connectivity index (χ4v) is 1.93. The molecule has 0 fully saturated rings. The molecule has 11 heavy (non-hydrogen) atoms. The third-order valence-corrected chi connectivity index (χ3v) is 2.79. The van der Waals surface area contributed by atoms with Gasteiger partial charge in [-0.05, 0) is 18.3 Å². The molecule has 1 radical (unpaired) electrons. The molecule has 0 saturated carbocycles. The van der Waals surface area contributed by atoms with Crippen molar-refractivity contribution in [1.29, 1.82) is 0 Å². The molecule has 0 heterocycles. The van der Waals surface area contributed by atoms with Gasteiger partial charge in [0.25, 0.3) is 0 Å². The fraction of sp³-hybridized carbons (Fsp3) is 0.909. The lowest BCUT2D eigenvalue weighted by molar-refractivity contribution is 0.283. The van der Waals surface area contributed by atoms with Crippen LogP contribution in [0.3, 0.4) is 0 Å². The van der Waals surface area contributed by atoms with Crippen molar-refractivity contribution >= 4 is 0 Å². The minimum Gasteiger partial charge on any atom is -0.0654 e. The van der Waals surface area contributed by atoms with Gasteiger partial charge in [-0.1, -0.05) is 53.4 Å². The lowest BCUT2D eigenvalue weighted by Crippen LogP contribution is -2.18. The molecule has 0 aromatic rings. The van der Waals surface area contributed by atoms with E-state index in [-0.39, 0.29) is 0 Å². The predicted molar refractivity (Wildman–Crippen MR) is 52.5 cm³/mol. The molecule has 0 atom stereocenters. The summed E-state index contributed by atoms with van der Waals surface area (Å²) in [7, 11) is 0. The molecule has 0 aliphatic carbocycles. The van der Waals surface area contributed by atoms with Crippen LogP contribution in [0.5, 0.6) is 0 Å². The monoisotopic (exact) mass is 155 g/mol. The van der Waals surface area contributed by atoms with Crippen LogP contribution in [-0.4, -0.2) is 0 Å². The molecule has 67 valence electrons. The summed E-state index contributed by atoms with van der Waals surface area (Å²) >= 11 is 0. The molecule has 0 aromatic carbocycles. The van der Waals surface area contributed by atoms with E-state index in [0.717, 1.165) is 0 Å². The predicted octanol–water partition coefficient (Wildman–Crippen LogP) is 4.21. The normalized spacial score (nSPS) is 12.0. The second-order valence-corrected chi connectivity index (χ2v) is 3.43. The molecule has 0 unspecified atom stereocenters. The molecule has 0 heteroatoms. The smallest absolute Gasteiger partial charge is 0.0272 e. The first-order valence-electron chi connectivity index (χ1n) is 5.09. The Bertz CT molecular complexity index is 72.0. The van der Waals surface area contributed by atoms with Gasteiger partial charge < -0.3 is 0 Å². The summed E-state index contributed by atoms with van der Waals surface area (Å²) in [6, 6.07) is 0. The van der Waals surface area contributed by atoms with Gasteiger partial charge in [-0.2, -0.15) is 0 Å². The lowest BCUT2D eigenvalue weighted by atomic mass is 9.75. The van der Waals surface area contributed by atoms with Crippen molar-refractivity contribution in [3.05, 3.63) is 6.42 Å². The fourth-order valence-electron chi connectivity index (χ4n) is 1.93. The first kappa shape index (κ1) is 11.0. The molecule has 0 aliphatic rings. The summed E-state index contributed by atoms with van der Waals surface area (Å²) in [5, 5.41) is 0. The summed E-state index contributed by atoms with van der Waals surface area (Å²) in [4.78, 5) is 0. The van der Waals surface area contributed by atoms with E-state index in [9.17, 15) is 0 Å². The minimum absolute atomic E-state index is 0.559. The van der Waals surface area contributed by atoms with Crippen LogP contribution in [0.1, 0.15) is 59.8 Å². The Hall–Kier alpha value is 0. The third-order valence-electron chi connectivity index (χ3n) is 2.79. The maximum Gasteiger partial charge on any atom is -0.0272 e. The van der Waals surface area contributed by atoms with Crippen molar-refractivity contribution in [1.82, 2.24) is 0 Å². The van der Waals surface area contributed by atoms with Crippen LogP contribution in [0.25, 0.3) is 0 Å². The van der Waals surface area contributed by atoms with Crippen LogP contribution in [0.15, 0.2) is 0 Å². The summed E-state index contributed by atoms with van der Waals surface area (Å²) in [6.45, 7) is 9.15. The van der Waals surface area contributed by atoms with E-state index in [1.165, 1.54) is 32.1 Å². The summed E-state index contributed by atoms with van der Waals surface area (Å²) in [6.07, 6.45) is 9.04. The summed E-state index contributed by atoms with van der Waals surface area (Å²) in [5.41, 5.74) is 0.559. The first-order valence-corrected chi connectivity index (χ1v) is 5.09. The topological polar surface area (TPSA) is 0 Å². The molecule has 0 N–H and O–H groups in total. The minimum atomic E-state index is 0.559. The quantitative estimate of drug-likeness (QED) is 0.539. The molecule has 0 bridgehead atoms. The highest BCUT2D eigenvalue weighted by atomic mass is 14.3. The molecular weight excluding hydrogens is 132 g/mol. The molecule has 0 amide bonds. The van der Waals surface area contributed by atoms with Gasteiger partial charge in [0, 0.05) is 0 Å². The number of hydrogen-bond donors (Lipinski definition) is 0. The Morgan fingerprint density at radius 2 is 1.55 bits per heavy atom. The standard InChI is InChI=1S/C11H23/c1-5-9-11(7-3,8-4)10-6-2/h9H,5-8,10H2,1-4H3. The highest BCUT2D eigenvalue weighted by Crippen LogP contribution is 2.35. The van der Waals surface area contributed by atoms with E-state index in [2.05, 4.69) is 34.1 Å². The van der Waals surface area contributed by atoms with Gasteiger partial charge >= 0.3 is 0 Å². The van der Waals surface area contributed by atoms with Crippen LogP contribution < -0.4 is 0 Å². The molecule has 0 spiro atoms. The second kappa shape index (κ2) is 5.62. The Labute approximate surface area is 72.4 Å². The van der Waals surface area contributed by atoms with Crippen LogP contribution in [0, 0.1) is 11.8 Å². The van der Waals surface area contributed by atoms with Gasteiger partial charge in [-0.15, -0.1) is 0 Å². The summed E-state index contributed by atoms with van der Waals surface area (Å²) in [5.74, 6) is 0. The average molecular weight is 155 g/mol. The first-order chi connectivity index (χ1) is 5.24. The van der Waals surface area contributed by atoms with Crippen molar-refractivity contribution < 1.29 is 0 Å². The molecule has 0 saturated heterocycles. The second-order valence-electron chi connectivity index (χ2n) is 3.43. The van der Waals surface area contributed by atoms with Crippen molar-refractivity contribution in [3.8, 4) is 0 Å². The van der Waals surface area contributed by atoms with Crippen LogP contribution in [-0.2, 0) is 0 Å². The van der Waals surface area contributed by atoms with Crippen molar-refractivity contribution in [2.45, 2.75) is 59.8 Å². The molecule has 0 nitrogen and oxygen atoms in total. The highest BCUT2D eigenvalue weighted by molar-refractivity contribution is 4.88. The SMILES string of the molecule is CC[CH]C(CC)(CC)CCC. The van der Waals surface area contributed by atoms with Crippen molar-refractivity contribution in [2.24, 2.45) is 5.41 Å². The maximum atomic E-state index is 2.51. The zero-order valence-electron chi connectivity index (χ0n) is 8.61. The van der Waals surface area contributed by atoms with E-state index in [1.54, 1.807) is 0 Å².